The van der Waals surface area contributed by atoms with Gasteiger partial charge in [-0.1, -0.05) is 6.07 Å². The first-order chi connectivity index (χ1) is 23.4. The Morgan fingerprint density at radius 2 is 1.86 bits per heavy atom. The van der Waals surface area contributed by atoms with Gasteiger partial charge < -0.3 is 14.2 Å². The van der Waals surface area contributed by atoms with Crippen LogP contribution < -0.4 is 4.74 Å². The largest absolute Gasteiger partial charge is 0.490 e. The van der Waals surface area contributed by atoms with Crippen molar-refractivity contribution in [3.63, 3.8) is 0 Å². The summed E-state index contributed by atoms with van der Waals surface area (Å²) in [5.74, 6) is -1.52. The second-order valence-corrected chi connectivity index (χ2v) is 13.9. The highest BCUT2D eigenvalue weighted by Crippen LogP contribution is 2.47. The van der Waals surface area contributed by atoms with Crippen LogP contribution in [-0.4, -0.2) is 68.0 Å². The van der Waals surface area contributed by atoms with E-state index in [1.807, 2.05) is 75.1 Å². The molecular formula is C36H36F2N6O4S. The number of aromatic nitrogens is 5. The highest BCUT2D eigenvalue weighted by atomic mass is 32.1. The maximum atomic E-state index is 16.1. The van der Waals surface area contributed by atoms with E-state index in [9.17, 15) is 9.18 Å². The number of nitrogens with zero attached hydrogens (tertiary/aromatic N) is 6. The van der Waals surface area contributed by atoms with Crippen LogP contribution in [0, 0.1) is 11.6 Å². The molecule has 0 saturated heterocycles. The summed E-state index contributed by atoms with van der Waals surface area (Å²) in [4.78, 5) is 20.0. The van der Waals surface area contributed by atoms with Gasteiger partial charge in [0.25, 0.3) is 0 Å². The van der Waals surface area contributed by atoms with E-state index in [1.165, 1.54) is 24.5 Å². The summed E-state index contributed by atoms with van der Waals surface area (Å²) in [6, 6.07) is 11.5. The van der Waals surface area contributed by atoms with Crippen LogP contribution in [0.3, 0.4) is 0 Å². The summed E-state index contributed by atoms with van der Waals surface area (Å²) in [5.41, 5.74) is 4.03. The maximum absolute atomic E-state index is 16.1. The molecule has 0 saturated carbocycles. The van der Waals surface area contributed by atoms with Crippen molar-refractivity contribution in [1.29, 1.82) is 0 Å². The Bertz CT molecular complexity index is 2220. The molecule has 254 valence electrons. The van der Waals surface area contributed by atoms with Gasteiger partial charge in [-0.25, -0.2) is 18.6 Å². The number of carbonyl (C=O) groups is 1. The zero-order valence-electron chi connectivity index (χ0n) is 28.1. The number of amides is 1. The number of fused-ring (bicyclic) bond motifs is 3. The molecule has 13 heteroatoms. The van der Waals surface area contributed by atoms with Crippen LogP contribution in [0.25, 0.3) is 54.8 Å². The van der Waals surface area contributed by atoms with E-state index < -0.39 is 23.3 Å². The van der Waals surface area contributed by atoms with Gasteiger partial charge in [-0.2, -0.15) is 10.2 Å². The Morgan fingerprint density at radius 3 is 2.63 bits per heavy atom. The molecule has 0 spiro atoms. The molecule has 49 heavy (non-hydrogen) atoms. The van der Waals surface area contributed by atoms with Crippen LogP contribution in [0.1, 0.15) is 39.4 Å². The monoisotopic (exact) mass is 686 g/mol. The quantitative estimate of drug-likeness (QED) is 0.157. The first-order valence-electron chi connectivity index (χ1n) is 16.0. The molecule has 0 bridgehead atoms. The first kappa shape index (κ1) is 32.7. The Hall–Kier alpha value is -4.88. The second-order valence-electron chi connectivity index (χ2n) is 13.0. The molecule has 1 aliphatic heterocycles. The predicted octanol–water partition coefficient (Wildman–Crippen LogP) is 8.00. The van der Waals surface area contributed by atoms with Crippen molar-refractivity contribution in [3.8, 4) is 39.5 Å². The van der Waals surface area contributed by atoms with Crippen LogP contribution in [0.4, 0.5) is 13.6 Å². The zero-order chi connectivity index (χ0) is 34.6. The number of carbonyl (C=O) groups excluding carboxylic acids is 1. The normalized spacial score (nSPS) is 14.9. The van der Waals surface area contributed by atoms with Gasteiger partial charge in [0.15, 0.2) is 0 Å². The minimum Gasteiger partial charge on any atom is -0.490 e. The lowest BCUT2D eigenvalue weighted by Gasteiger charge is -2.35. The van der Waals surface area contributed by atoms with Crippen molar-refractivity contribution in [2.24, 2.45) is 7.05 Å². The fraction of sp³-hybridized carbons (Fsp3) is 0.333. The van der Waals surface area contributed by atoms with Crippen LogP contribution in [0.15, 0.2) is 54.0 Å². The van der Waals surface area contributed by atoms with Crippen LogP contribution in [0.5, 0.6) is 5.75 Å². The molecule has 1 amide bonds. The molecule has 10 nitrogen and oxygen atoms in total. The topological polar surface area (TPSA) is 96.5 Å². The van der Waals surface area contributed by atoms with E-state index in [-0.39, 0.29) is 30.6 Å². The molecule has 0 fully saturated rings. The summed E-state index contributed by atoms with van der Waals surface area (Å²) in [6.07, 6.45) is 1.39. The smallest absolute Gasteiger partial charge is 0.410 e. The molecule has 4 aromatic heterocycles. The molecule has 6 aromatic rings. The highest BCUT2D eigenvalue weighted by Gasteiger charge is 2.34. The Labute approximate surface area is 285 Å². The summed E-state index contributed by atoms with van der Waals surface area (Å²) in [5, 5.41) is 13.0. The van der Waals surface area contributed by atoms with Crippen molar-refractivity contribution < 1.29 is 27.8 Å². The summed E-state index contributed by atoms with van der Waals surface area (Å²) >= 11 is 1.43. The molecule has 0 radical (unpaired) electrons. The first-order valence-corrected chi connectivity index (χ1v) is 16.8. The Kier molecular flexibility index (Phi) is 8.35. The minimum absolute atomic E-state index is 0.0327. The number of pyridine rings is 1. The van der Waals surface area contributed by atoms with E-state index in [2.05, 4.69) is 5.10 Å². The average molecular weight is 687 g/mol. The van der Waals surface area contributed by atoms with Gasteiger partial charge in [-0.05, 0) is 57.3 Å². The lowest BCUT2D eigenvalue weighted by atomic mass is 9.96. The average Bonchev–Trinajstić information content (AvgIpc) is 3.79. The number of aryl methyl sites for hydroxylation is 1. The van der Waals surface area contributed by atoms with E-state index >= 15 is 4.39 Å². The fourth-order valence-corrected chi connectivity index (χ4v) is 7.25. The lowest BCUT2D eigenvalue weighted by molar-refractivity contribution is 0.0120. The third kappa shape index (κ3) is 6.01. The minimum atomic E-state index is -0.789. The molecule has 5 heterocycles. The number of hydrogen-bond donors (Lipinski definition) is 0. The zero-order valence-corrected chi connectivity index (χ0v) is 28.9. The van der Waals surface area contributed by atoms with Crippen LogP contribution in [-0.2, 0) is 23.1 Å². The number of ether oxygens (including phenoxy) is 3. The number of benzene rings is 2. The third-order valence-electron chi connectivity index (χ3n) is 8.57. The highest BCUT2D eigenvalue weighted by molar-refractivity contribution is 7.18. The number of methoxy groups -OCH3 is 1. The van der Waals surface area contributed by atoms with E-state index in [1.54, 1.807) is 15.8 Å². The van der Waals surface area contributed by atoms with E-state index in [4.69, 9.17) is 24.3 Å². The molecule has 0 N–H and O–H groups in total. The van der Waals surface area contributed by atoms with Crippen molar-refractivity contribution in [3.05, 3.63) is 71.4 Å². The Morgan fingerprint density at radius 1 is 1.04 bits per heavy atom. The molecular weight excluding hydrogens is 650 g/mol. The van der Waals surface area contributed by atoms with Crippen molar-refractivity contribution in [1.82, 2.24) is 29.4 Å². The molecule has 7 rings (SSSR count). The van der Waals surface area contributed by atoms with Gasteiger partial charge >= 0.3 is 6.09 Å². The number of halogens is 2. The molecule has 0 unspecified atom stereocenters. The molecule has 2 aromatic carbocycles. The molecule has 1 aliphatic rings. The van der Waals surface area contributed by atoms with Crippen LogP contribution in [0.2, 0.25) is 0 Å². The molecule has 0 aliphatic carbocycles. The van der Waals surface area contributed by atoms with Gasteiger partial charge in [0, 0.05) is 59.4 Å². The summed E-state index contributed by atoms with van der Waals surface area (Å²) in [7, 11) is 3.42. The Balaban J connectivity index is 1.45. The van der Waals surface area contributed by atoms with Gasteiger partial charge in [-0.15, -0.1) is 11.3 Å². The standard InChI is InChI=1S/C36H36F2N6O4S/c1-20-28-18-26(41-44(28)11-10-43(20)35(45)48-36(2,3)4)33-31(30-25(38)16-23(37)17-29(30)47-13-12-46-6)34-24(9-14-49-34)32(40-33)21-7-8-27-22(15-21)19-39-42(27)5/h7-9,14-20H,10-13H2,1-6H3/t20-/m1/s1. The van der Waals surface area contributed by atoms with E-state index in [0.29, 0.717) is 35.7 Å². The number of rotatable bonds is 7. The third-order valence-corrected chi connectivity index (χ3v) is 9.50. The fourth-order valence-electron chi connectivity index (χ4n) is 6.30. The van der Waals surface area contributed by atoms with Gasteiger partial charge in [0.05, 0.1) is 47.9 Å². The number of thiophene rings is 1. The van der Waals surface area contributed by atoms with Crippen molar-refractivity contribution >= 4 is 38.4 Å². The van der Waals surface area contributed by atoms with Crippen LogP contribution >= 0.6 is 11.3 Å². The van der Waals surface area contributed by atoms with E-state index in [0.717, 1.165) is 38.3 Å². The van der Waals surface area contributed by atoms with Crippen molar-refractivity contribution in [2.45, 2.75) is 45.9 Å². The maximum Gasteiger partial charge on any atom is 0.410 e. The second kappa shape index (κ2) is 12.5. The van der Waals surface area contributed by atoms with Crippen molar-refractivity contribution in [2.75, 3.05) is 26.9 Å². The summed E-state index contributed by atoms with van der Waals surface area (Å²) in [6.45, 7) is 8.57. The summed E-state index contributed by atoms with van der Waals surface area (Å²) < 4.78 is 52.0. The van der Waals surface area contributed by atoms with Gasteiger partial charge in [0.2, 0.25) is 0 Å². The van der Waals surface area contributed by atoms with Gasteiger partial charge in [-0.3, -0.25) is 14.3 Å². The SMILES string of the molecule is COCCOc1cc(F)cc(F)c1-c1c(-c2cc3n(n2)CCN(C(=O)OC(C)(C)C)[C@@H]3C)nc(-c2ccc3c(cnn3C)c2)c2ccsc12. The lowest BCUT2D eigenvalue weighted by Crippen LogP contribution is -2.43. The number of hydrogen-bond acceptors (Lipinski definition) is 8. The predicted molar refractivity (Wildman–Crippen MR) is 185 cm³/mol. The molecule has 1 atom stereocenters. The van der Waals surface area contributed by atoms with Gasteiger partial charge in [0.1, 0.15) is 41.0 Å².